The third-order valence-electron chi connectivity index (χ3n) is 15.0. The van der Waals surface area contributed by atoms with Crippen molar-refractivity contribution in [3.8, 4) is 23.3 Å². The first-order chi connectivity index (χ1) is 34.0. The Balaban J connectivity index is 0.630. The molecule has 0 spiro atoms. The van der Waals surface area contributed by atoms with Gasteiger partial charge in [0.05, 0.1) is 11.2 Å². The van der Waals surface area contributed by atoms with Crippen LogP contribution in [0, 0.1) is 34.8 Å². The smallest absolute Gasteiger partial charge is 0.255 e. The summed E-state index contributed by atoms with van der Waals surface area (Å²) in [6.45, 7) is 5.89. The van der Waals surface area contributed by atoms with Gasteiger partial charge in [-0.05, 0) is 135 Å². The lowest BCUT2D eigenvalue weighted by Gasteiger charge is -2.57. The topological polar surface area (TPSA) is 157 Å². The molecule has 7 aliphatic rings. The Morgan fingerprint density at radius 1 is 0.857 bits per heavy atom. The zero-order chi connectivity index (χ0) is 48.1. The Hall–Kier alpha value is -7.22. The number of benzene rings is 4. The van der Waals surface area contributed by atoms with Gasteiger partial charge in [0.1, 0.15) is 34.6 Å². The lowest BCUT2D eigenvalue weighted by Crippen LogP contribution is -2.69. The van der Waals surface area contributed by atoms with Crippen molar-refractivity contribution in [1.82, 2.24) is 25.0 Å². The minimum absolute atomic E-state index is 0.182. The standard InChI is InChI=1S/C54H52F2N8O6/c55-36-5-7-37(8-6-36)58-52(68)54(19-20-54)53(69)59-38-9-11-41(12-10-38)70-48-16-21-57-45-28-47(44(56)27-43(45)48)62-23-17-34(18-24-62)29-63-39-26-40(63)32-61(31-39)22-2-1-3-33-4-13-42-35(25-33)30-64(51(42)67)46-14-15-49(65)60-50(46)66/h4-13,16,21,25,27-28,34,39-40,46H,2,14-15,17-20,22-24,26,29-32H2,(H,58,68)(H,59,69)(H,60,65,66). The van der Waals surface area contributed by atoms with Crippen LogP contribution in [0.25, 0.3) is 10.9 Å². The first-order valence-electron chi connectivity index (χ1n) is 24.2. The van der Waals surface area contributed by atoms with Crippen LogP contribution in [0.5, 0.6) is 11.5 Å². The molecule has 1 saturated carbocycles. The molecule has 6 fully saturated rings. The number of hydrogen-bond donors (Lipinski definition) is 3. The molecule has 12 rings (SSSR count). The second kappa shape index (κ2) is 18.6. The van der Waals surface area contributed by atoms with E-state index in [2.05, 4.69) is 47.5 Å². The van der Waals surface area contributed by atoms with Crippen molar-refractivity contribution in [3.05, 3.63) is 119 Å². The number of fused-ring (bicyclic) bond motifs is 4. The Kier molecular flexibility index (Phi) is 12.0. The second-order valence-electron chi connectivity index (χ2n) is 19.5. The predicted molar refractivity (Wildman–Crippen MR) is 258 cm³/mol. The molecule has 2 bridgehead atoms. The number of carbonyl (C=O) groups excluding carboxylic acids is 5. The molecule has 1 aromatic heterocycles. The predicted octanol–water partition coefficient (Wildman–Crippen LogP) is 6.84. The molecule has 14 nitrogen and oxygen atoms in total. The average Bonchev–Trinajstić information content (AvgIpc) is 4.12. The van der Waals surface area contributed by atoms with Gasteiger partial charge in [0.25, 0.3) is 5.91 Å². The number of pyridine rings is 1. The van der Waals surface area contributed by atoms with Crippen LogP contribution in [0.2, 0.25) is 0 Å². The molecule has 4 aromatic carbocycles. The van der Waals surface area contributed by atoms with Crippen LogP contribution in [0.3, 0.4) is 0 Å². The number of aromatic nitrogens is 1. The number of imide groups is 1. The lowest BCUT2D eigenvalue weighted by atomic mass is 9.84. The molecule has 6 aliphatic heterocycles. The van der Waals surface area contributed by atoms with Crippen LogP contribution < -0.4 is 25.6 Å². The van der Waals surface area contributed by atoms with E-state index in [9.17, 15) is 28.4 Å². The van der Waals surface area contributed by atoms with Gasteiger partial charge in [0.15, 0.2) is 0 Å². The van der Waals surface area contributed by atoms with Crippen LogP contribution in [-0.4, -0.2) is 107 Å². The largest absolute Gasteiger partial charge is 0.457 e. The van der Waals surface area contributed by atoms with Gasteiger partial charge in [-0.2, -0.15) is 0 Å². The number of piperazine rings is 1. The summed E-state index contributed by atoms with van der Waals surface area (Å²) < 4.78 is 35.5. The highest BCUT2D eigenvalue weighted by molar-refractivity contribution is 6.17. The minimum atomic E-state index is -1.19. The molecule has 5 aromatic rings. The molecular formula is C54H52F2N8O6. The van der Waals surface area contributed by atoms with Crippen molar-refractivity contribution in [2.75, 3.05) is 54.8 Å². The summed E-state index contributed by atoms with van der Waals surface area (Å²) in [6, 6.07) is 23.2. The van der Waals surface area contributed by atoms with E-state index in [1.807, 2.05) is 18.2 Å². The van der Waals surface area contributed by atoms with Crippen molar-refractivity contribution < 1.29 is 37.5 Å². The van der Waals surface area contributed by atoms with Crippen LogP contribution in [0.4, 0.5) is 25.8 Å². The summed E-state index contributed by atoms with van der Waals surface area (Å²) in [4.78, 5) is 76.7. The molecule has 3 atom stereocenters. The molecule has 5 saturated heterocycles. The molecule has 0 radical (unpaired) electrons. The number of ether oxygens (including phenoxy) is 1. The van der Waals surface area contributed by atoms with Crippen LogP contribution in [0.15, 0.2) is 91.1 Å². The summed E-state index contributed by atoms with van der Waals surface area (Å²) >= 11 is 0. The molecule has 16 heteroatoms. The van der Waals surface area contributed by atoms with E-state index >= 15 is 4.39 Å². The number of piperidine rings is 3. The van der Waals surface area contributed by atoms with Crippen molar-refractivity contribution >= 4 is 57.5 Å². The Bertz CT molecular complexity index is 2970. The van der Waals surface area contributed by atoms with Gasteiger partial charge in [0, 0.05) is 105 Å². The fraction of sp³-hybridized carbons (Fsp3) is 0.370. The van der Waals surface area contributed by atoms with E-state index in [-0.39, 0.29) is 24.1 Å². The zero-order valence-electron chi connectivity index (χ0n) is 38.5. The SMILES string of the molecule is O=C1CCC(N2Cc3cc(C#CCCN4CC5CC(C4)N5CC4CCN(c5cc6nccc(Oc7ccc(NC(=O)C8(C(=O)Nc9ccc(F)cc9)CC8)cc7)c6cc5F)CC4)ccc3C2=O)C(=O)N1. The van der Waals surface area contributed by atoms with Gasteiger partial charge in [-0.15, -0.1) is 0 Å². The third kappa shape index (κ3) is 9.07. The Morgan fingerprint density at radius 2 is 1.57 bits per heavy atom. The summed E-state index contributed by atoms with van der Waals surface area (Å²) in [7, 11) is 0. The lowest BCUT2D eigenvalue weighted by molar-refractivity contribution is -0.137. The number of anilines is 3. The van der Waals surface area contributed by atoms with E-state index in [1.54, 1.807) is 47.5 Å². The van der Waals surface area contributed by atoms with Gasteiger partial charge in [0.2, 0.25) is 23.6 Å². The first-order valence-corrected chi connectivity index (χ1v) is 24.2. The number of nitrogens with zero attached hydrogens (tertiary/aromatic N) is 5. The van der Waals surface area contributed by atoms with Crippen LogP contribution in [0.1, 0.15) is 72.9 Å². The molecule has 70 heavy (non-hydrogen) atoms. The summed E-state index contributed by atoms with van der Waals surface area (Å²) in [5.74, 6) is 5.59. The number of carbonyl (C=O) groups is 5. The van der Waals surface area contributed by atoms with E-state index in [0.29, 0.717) is 88.8 Å². The van der Waals surface area contributed by atoms with Crippen molar-refractivity contribution in [2.45, 2.75) is 76.0 Å². The molecule has 3 N–H and O–H groups in total. The minimum Gasteiger partial charge on any atom is -0.457 e. The molecular weight excluding hydrogens is 895 g/mol. The zero-order valence-corrected chi connectivity index (χ0v) is 38.5. The van der Waals surface area contributed by atoms with Gasteiger partial charge in [-0.1, -0.05) is 11.8 Å². The van der Waals surface area contributed by atoms with Crippen molar-refractivity contribution in [3.63, 3.8) is 0 Å². The third-order valence-corrected chi connectivity index (χ3v) is 15.0. The summed E-state index contributed by atoms with van der Waals surface area (Å²) in [5, 5.41) is 8.44. The summed E-state index contributed by atoms with van der Waals surface area (Å²) in [5.41, 5.74) is 3.17. The Morgan fingerprint density at radius 3 is 2.27 bits per heavy atom. The van der Waals surface area contributed by atoms with E-state index < -0.39 is 35.0 Å². The molecule has 3 unspecified atom stereocenters. The fourth-order valence-electron chi connectivity index (χ4n) is 10.9. The van der Waals surface area contributed by atoms with Gasteiger partial charge in [-0.3, -0.25) is 44.1 Å². The average molecular weight is 947 g/mol. The number of amides is 5. The van der Waals surface area contributed by atoms with E-state index in [0.717, 1.165) is 69.7 Å². The maximum absolute atomic E-state index is 15.9. The number of nitrogens with one attached hydrogen (secondary N) is 3. The monoisotopic (exact) mass is 946 g/mol. The summed E-state index contributed by atoms with van der Waals surface area (Å²) in [6.07, 6.45) is 6.96. The van der Waals surface area contributed by atoms with E-state index in [1.165, 1.54) is 36.8 Å². The van der Waals surface area contributed by atoms with E-state index in [4.69, 9.17) is 4.74 Å². The molecule has 358 valence electrons. The second-order valence-corrected chi connectivity index (χ2v) is 19.5. The Labute approximate surface area is 403 Å². The van der Waals surface area contributed by atoms with Crippen LogP contribution >= 0.6 is 0 Å². The molecule has 1 aliphatic carbocycles. The van der Waals surface area contributed by atoms with Crippen molar-refractivity contribution in [2.24, 2.45) is 11.3 Å². The maximum Gasteiger partial charge on any atom is 0.255 e. The highest BCUT2D eigenvalue weighted by atomic mass is 19.1. The number of hydrogen-bond acceptors (Lipinski definition) is 10. The quantitative estimate of drug-likeness (QED) is 0.0688. The highest BCUT2D eigenvalue weighted by Gasteiger charge is 2.56. The first kappa shape index (κ1) is 45.2. The normalized spacial score (nSPS) is 21.9. The van der Waals surface area contributed by atoms with Gasteiger partial charge < -0.3 is 25.2 Å². The van der Waals surface area contributed by atoms with Gasteiger partial charge in [-0.25, -0.2) is 8.78 Å². The van der Waals surface area contributed by atoms with Crippen LogP contribution in [-0.2, 0) is 25.7 Å². The molecule has 7 heterocycles. The van der Waals surface area contributed by atoms with Crippen molar-refractivity contribution in [1.29, 1.82) is 0 Å². The maximum atomic E-state index is 15.9. The fourth-order valence-corrected chi connectivity index (χ4v) is 10.9. The number of rotatable bonds is 12. The number of halogens is 2. The highest BCUT2D eigenvalue weighted by Crippen LogP contribution is 2.48. The molecule has 5 amide bonds. The van der Waals surface area contributed by atoms with Gasteiger partial charge >= 0.3 is 0 Å².